The molecule has 0 spiro atoms. The first-order valence-electron chi connectivity index (χ1n) is 6.69. The molecule has 19 heavy (non-hydrogen) atoms. The first-order chi connectivity index (χ1) is 9.02. The van der Waals surface area contributed by atoms with Crippen LogP contribution in [-0.2, 0) is 14.3 Å². The van der Waals surface area contributed by atoms with Crippen molar-refractivity contribution in [3.8, 4) is 0 Å². The molecule has 1 atom stereocenters. The Morgan fingerprint density at radius 2 is 1.95 bits per heavy atom. The lowest BCUT2D eigenvalue weighted by molar-refractivity contribution is -0.140. The van der Waals surface area contributed by atoms with Gasteiger partial charge in [0.05, 0.1) is 18.6 Å². The molecule has 0 aromatic rings. The lowest BCUT2D eigenvalue weighted by Crippen LogP contribution is -2.33. The Kier molecular flexibility index (Phi) is 6.62. The van der Waals surface area contributed by atoms with Gasteiger partial charge >= 0.3 is 12.1 Å². The van der Waals surface area contributed by atoms with Crippen LogP contribution in [0.5, 0.6) is 0 Å². The fourth-order valence-electron chi connectivity index (χ4n) is 2.10. The van der Waals surface area contributed by atoms with Crippen molar-refractivity contribution in [3.63, 3.8) is 0 Å². The molecule has 1 aliphatic carbocycles. The van der Waals surface area contributed by atoms with Gasteiger partial charge in [0.1, 0.15) is 0 Å². The largest absolute Gasteiger partial charge is 0.481 e. The zero-order chi connectivity index (χ0) is 14.3. The molecule has 0 aliphatic heterocycles. The van der Waals surface area contributed by atoms with E-state index in [1.165, 1.54) is 6.92 Å². The van der Waals surface area contributed by atoms with Crippen LogP contribution in [-0.4, -0.2) is 43.5 Å². The molecule has 1 amide bonds. The Balaban J connectivity index is 2.12. The van der Waals surface area contributed by atoms with E-state index in [0.717, 1.165) is 25.7 Å². The van der Waals surface area contributed by atoms with E-state index in [1.54, 1.807) is 7.11 Å². The summed E-state index contributed by atoms with van der Waals surface area (Å²) in [5, 5.41) is 11.1. The van der Waals surface area contributed by atoms with E-state index in [1.807, 2.05) is 0 Å². The van der Waals surface area contributed by atoms with Crippen molar-refractivity contribution in [2.75, 3.05) is 20.3 Å². The molecule has 0 bridgehead atoms. The van der Waals surface area contributed by atoms with Gasteiger partial charge in [0.25, 0.3) is 0 Å². The average molecular weight is 273 g/mol. The van der Waals surface area contributed by atoms with E-state index in [4.69, 9.17) is 14.6 Å². The van der Waals surface area contributed by atoms with Gasteiger partial charge in [-0.15, -0.1) is 0 Å². The Morgan fingerprint density at radius 3 is 2.47 bits per heavy atom. The number of carboxylic acid groups (broad SMARTS) is 1. The SMILES string of the molecule is COC1CCC(COC(=O)NC[C@@H](C)C(=O)O)CC1. The van der Waals surface area contributed by atoms with E-state index in [0.29, 0.717) is 18.6 Å². The summed E-state index contributed by atoms with van der Waals surface area (Å²) in [4.78, 5) is 22.0. The maximum absolute atomic E-state index is 11.4. The number of carbonyl (C=O) groups is 2. The number of hydrogen-bond donors (Lipinski definition) is 2. The van der Waals surface area contributed by atoms with Crippen LogP contribution < -0.4 is 5.32 Å². The van der Waals surface area contributed by atoms with Crippen LogP contribution in [0, 0.1) is 11.8 Å². The molecule has 110 valence electrons. The Labute approximate surface area is 113 Å². The van der Waals surface area contributed by atoms with Crippen LogP contribution in [0.4, 0.5) is 4.79 Å². The summed E-state index contributed by atoms with van der Waals surface area (Å²) in [6.45, 7) is 2.02. The molecular formula is C13H23NO5. The minimum atomic E-state index is -0.932. The number of ether oxygens (including phenoxy) is 2. The summed E-state index contributed by atoms with van der Waals surface area (Å²) in [5.74, 6) is -1.16. The second kappa shape index (κ2) is 7.99. The topological polar surface area (TPSA) is 84.9 Å². The number of carboxylic acids is 1. The third-order valence-electron chi connectivity index (χ3n) is 3.55. The molecule has 0 aromatic heterocycles. The smallest absolute Gasteiger partial charge is 0.407 e. The number of rotatable bonds is 6. The van der Waals surface area contributed by atoms with Gasteiger partial charge in [-0.1, -0.05) is 6.92 Å². The summed E-state index contributed by atoms with van der Waals surface area (Å²) in [6, 6.07) is 0. The van der Waals surface area contributed by atoms with Gasteiger partial charge in [0, 0.05) is 13.7 Å². The molecule has 1 fully saturated rings. The fraction of sp³-hybridized carbons (Fsp3) is 0.846. The highest BCUT2D eigenvalue weighted by Crippen LogP contribution is 2.25. The number of amides is 1. The number of carbonyl (C=O) groups excluding carboxylic acids is 1. The van der Waals surface area contributed by atoms with E-state index in [-0.39, 0.29) is 6.54 Å². The van der Waals surface area contributed by atoms with E-state index < -0.39 is 18.0 Å². The maximum atomic E-state index is 11.4. The molecule has 0 saturated heterocycles. The third kappa shape index (κ3) is 5.92. The van der Waals surface area contributed by atoms with Gasteiger partial charge in [-0.3, -0.25) is 4.79 Å². The standard InChI is InChI=1S/C13H23NO5/c1-9(12(15)16)7-14-13(17)19-8-10-3-5-11(18-2)6-4-10/h9-11H,3-8H2,1-2H3,(H,14,17)(H,15,16)/t9-,10?,11?/m1/s1. The highest BCUT2D eigenvalue weighted by Gasteiger charge is 2.22. The predicted octanol–water partition coefficient (Wildman–Crippen LogP) is 1.64. The first-order valence-corrected chi connectivity index (χ1v) is 6.69. The van der Waals surface area contributed by atoms with Crippen LogP contribution in [0.1, 0.15) is 32.6 Å². The number of alkyl carbamates (subject to hydrolysis) is 1. The molecule has 6 nitrogen and oxygen atoms in total. The predicted molar refractivity (Wildman–Crippen MR) is 68.9 cm³/mol. The van der Waals surface area contributed by atoms with E-state index in [2.05, 4.69) is 5.32 Å². The van der Waals surface area contributed by atoms with Gasteiger partial charge in [0.2, 0.25) is 0 Å². The Morgan fingerprint density at radius 1 is 1.32 bits per heavy atom. The number of nitrogens with one attached hydrogen (secondary N) is 1. The van der Waals surface area contributed by atoms with Crippen molar-refractivity contribution < 1.29 is 24.2 Å². The van der Waals surface area contributed by atoms with Crippen LogP contribution in [0.3, 0.4) is 0 Å². The van der Waals surface area contributed by atoms with Crippen molar-refractivity contribution in [3.05, 3.63) is 0 Å². The van der Waals surface area contributed by atoms with E-state index in [9.17, 15) is 9.59 Å². The Bertz CT molecular complexity index is 299. The molecule has 0 unspecified atom stereocenters. The molecule has 2 N–H and O–H groups in total. The monoisotopic (exact) mass is 273 g/mol. The molecule has 0 aromatic carbocycles. The fourth-order valence-corrected chi connectivity index (χ4v) is 2.10. The molecule has 6 heteroatoms. The van der Waals surface area contributed by atoms with Crippen LogP contribution in [0.2, 0.25) is 0 Å². The lowest BCUT2D eigenvalue weighted by Gasteiger charge is -2.27. The number of aliphatic carboxylic acids is 1. The highest BCUT2D eigenvalue weighted by atomic mass is 16.5. The quantitative estimate of drug-likeness (QED) is 0.768. The lowest BCUT2D eigenvalue weighted by atomic mass is 9.88. The van der Waals surface area contributed by atoms with Gasteiger partial charge < -0.3 is 19.9 Å². The minimum absolute atomic E-state index is 0.0879. The van der Waals surface area contributed by atoms with Crippen molar-refractivity contribution in [2.24, 2.45) is 11.8 Å². The van der Waals surface area contributed by atoms with E-state index >= 15 is 0 Å². The normalized spacial score (nSPS) is 24.5. The summed E-state index contributed by atoms with van der Waals surface area (Å²) in [7, 11) is 1.72. The van der Waals surface area contributed by atoms with Gasteiger partial charge in [-0.05, 0) is 31.6 Å². The molecule has 0 heterocycles. The second-order valence-electron chi connectivity index (χ2n) is 5.10. The molecule has 0 radical (unpaired) electrons. The van der Waals surface area contributed by atoms with Crippen molar-refractivity contribution in [1.29, 1.82) is 0 Å². The molecule has 1 aliphatic rings. The van der Waals surface area contributed by atoms with Gasteiger partial charge in [0.15, 0.2) is 0 Å². The average Bonchev–Trinajstić information content (AvgIpc) is 2.42. The highest BCUT2D eigenvalue weighted by molar-refractivity contribution is 5.72. The van der Waals surface area contributed by atoms with Crippen LogP contribution in [0.25, 0.3) is 0 Å². The summed E-state index contributed by atoms with van der Waals surface area (Å²) in [6.07, 6.45) is 3.79. The summed E-state index contributed by atoms with van der Waals surface area (Å²) < 4.78 is 10.4. The first kappa shape index (κ1) is 15.8. The van der Waals surface area contributed by atoms with Crippen molar-refractivity contribution >= 4 is 12.1 Å². The Hall–Kier alpha value is -1.30. The van der Waals surface area contributed by atoms with Gasteiger partial charge in [-0.25, -0.2) is 4.79 Å². The summed E-state index contributed by atoms with van der Waals surface area (Å²) in [5.41, 5.74) is 0. The second-order valence-corrected chi connectivity index (χ2v) is 5.10. The number of methoxy groups -OCH3 is 1. The zero-order valence-electron chi connectivity index (χ0n) is 11.6. The molecule has 1 rings (SSSR count). The molecular weight excluding hydrogens is 250 g/mol. The van der Waals surface area contributed by atoms with Crippen LogP contribution in [0.15, 0.2) is 0 Å². The van der Waals surface area contributed by atoms with Gasteiger partial charge in [-0.2, -0.15) is 0 Å². The minimum Gasteiger partial charge on any atom is -0.481 e. The zero-order valence-corrected chi connectivity index (χ0v) is 11.6. The van der Waals surface area contributed by atoms with Crippen molar-refractivity contribution in [2.45, 2.75) is 38.7 Å². The molecule has 1 saturated carbocycles. The van der Waals surface area contributed by atoms with Crippen LogP contribution >= 0.6 is 0 Å². The maximum Gasteiger partial charge on any atom is 0.407 e. The van der Waals surface area contributed by atoms with Crippen molar-refractivity contribution in [1.82, 2.24) is 5.32 Å². The number of hydrogen-bond acceptors (Lipinski definition) is 4. The third-order valence-corrected chi connectivity index (χ3v) is 3.55. The summed E-state index contributed by atoms with van der Waals surface area (Å²) >= 11 is 0.